The molecule has 0 aliphatic carbocycles. The van der Waals surface area contributed by atoms with E-state index in [2.05, 4.69) is 29.9 Å². The van der Waals surface area contributed by atoms with Crippen LogP contribution in [0.25, 0.3) is 22.3 Å². The van der Waals surface area contributed by atoms with Crippen molar-refractivity contribution in [3.8, 4) is 0 Å². The molecule has 6 heterocycles. The van der Waals surface area contributed by atoms with E-state index in [0.717, 1.165) is 0 Å². The Balaban J connectivity index is 1.38. The molecule has 214 valence electrons. The number of hydrogen-bond donors (Lipinski definition) is 4. The number of aryl methyl sites for hydroxylation is 1. The average molecular weight is 600 g/mol. The van der Waals surface area contributed by atoms with Gasteiger partial charge in [-0.2, -0.15) is 0 Å². The van der Waals surface area contributed by atoms with Crippen molar-refractivity contribution in [2.24, 2.45) is 0 Å². The zero-order valence-corrected chi connectivity index (χ0v) is 22.3. The van der Waals surface area contributed by atoms with Crippen LogP contribution in [0.15, 0.2) is 23.6 Å². The summed E-state index contributed by atoms with van der Waals surface area (Å²) in [6.07, 6.45) is -2.19. The Kier molecular flexibility index (Phi) is 6.90. The summed E-state index contributed by atoms with van der Waals surface area (Å²) in [4.78, 5) is 56.2. The number of aromatic nitrogens is 8. The normalized spacial score (nSPS) is 32.1. The monoisotopic (exact) mass is 600 g/mol. The number of nitrogens with one attached hydrogen (secondary N) is 1. The lowest BCUT2D eigenvalue weighted by Gasteiger charge is -2.24. The molecule has 0 amide bonds. The van der Waals surface area contributed by atoms with E-state index in [1.54, 1.807) is 0 Å². The van der Waals surface area contributed by atoms with E-state index in [1.165, 1.54) is 34.9 Å². The molecule has 0 spiro atoms. The number of nitrogens with zero attached hydrogens (tertiary/aromatic N) is 7. The smallest absolute Gasteiger partial charge is 0.387 e. The van der Waals surface area contributed by atoms with E-state index in [1.807, 2.05) is 0 Å². The summed E-state index contributed by atoms with van der Waals surface area (Å²) < 4.78 is 54.8. The highest BCUT2D eigenvalue weighted by atomic mass is 31.2. The minimum Gasteiger partial charge on any atom is -0.387 e. The molecule has 2 bridgehead atoms. The maximum absolute atomic E-state index is 13.1. The lowest BCUT2D eigenvalue weighted by molar-refractivity contribution is -0.0520. The van der Waals surface area contributed by atoms with Crippen molar-refractivity contribution in [1.29, 1.82) is 0 Å². The first-order valence-corrected chi connectivity index (χ1v) is 14.7. The van der Waals surface area contributed by atoms with E-state index in [-0.39, 0.29) is 36.0 Å². The van der Waals surface area contributed by atoms with Gasteiger partial charge in [0.2, 0.25) is 0 Å². The van der Waals surface area contributed by atoms with Crippen LogP contribution in [0.5, 0.6) is 0 Å². The van der Waals surface area contributed by atoms with E-state index >= 15 is 0 Å². The molecule has 21 heteroatoms. The van der Waals surface area contributed by atoms with Gasteiger partial charge >= 0.3 is 15.6 Å². The van der Waals surface area contributed by atoms with E-state index in [9.17, 15) is 28.8 Å². The number of imidazole rings is 2. The van der Waals surface area contributed by atoms with E-state index in [4.69, 9.17) is 22.8 Å². The molecule has 2 aliphatic heterocycles. The van der Waals surface area contributed by atoms with Crippen LogP contribution < -0.4 is 5.56 Å². The van der Waals surface area contributed by atoms with Crippen molar-refractivity contribution in [3.05, 3.63) is 40.9 Å². The van der Waals surface area contributed by atoms with Gasteiger partial charge in [-0.05, 0) is 6.92 Å². The van der Waals surface area contributed by atoms with Gasteiger partial charge < -0.3 is 29.2 Å². The first-order valence-electron chi connectivity index (χ1n) is 11.7. The van der Waals surface area contributed by atoms with Crippen LogP contribution in [0.4, 0.5) is 0 Å². The van der Waals surface area contributed by atoms with Crippen LogP contribution in [0.3, 0.4) is 0 Å². The van der Waals surface area contributed by atoms with Crippen molar-refractivity contribution >= 4 is 38.0 Å². The number of aromatic amines is 1. The van der Waals surface area contributed by atoms with E-state index in [0.29, 0.717) is 11.2 Å². The highest BCUT2D eigenvalue weighted by Gasteiger charge is 2.50. The molecule has 6 rings (SSSR count). The van der Waals surface area contributed by atoms with Crippen molar-refractivity contribution in [1.82, 2.24) is 39.0 Å². The molecule has 1 fully saturated rings. The van der Waals surface area contributed by atoms with Gasteiger partial charge in [0.1, 0.15) is 48.4 Å². The van der Waals surface area contributed by atoms with Gasteiger partial charge in [-0.25, -0.2) is 34.0 Å². The SMILES string of the molecule is Cc1nc2c(ncn2C2O[C@@H]3COP(=O)(O)OCCn4c(nc5cncnc54)COP(=O)(O)O[C@@H]2[C@@H]3O)c(=O)[nH]1. The number of aliphatic hydroxyl groups excluding tert-OH is 1. The van der Waals surface area contributed by atoms with E-state index < -0.39 is 59.0 Å². The zero-order chi connectivity index (χ0) is 28.2. The molecule has 19 nitrogen and oxygen atoms in total. The largest absolute Gasteiger partial charge is 0.473 e. The highest BCUT2D eigenvalue weighted by Crippen LogP contribution is 2.51. The first-order chi connectivity index (χ1) is 19.0. The average Bonchev–Trinajstić information content (AvgIpc) is 3.55. The molecule has 3 unspecified atom stereocenters. The molecule has 0 saturated carbocycles. The Morgan fingerprint density at radius 2 is 1.93 bits per heavy atom. The lowest BCUT2D eigenvalue weighted by Crippen LogP contribution is -2.35. The van der Waals surface area contributed by atoms with Crippen LogP contribution in [-0.4, -0.2) is 85.5 Å². The summed E-state index contributed by atoms with van der Waals surface area (Å²) in [5.74, 6) is 0.351. The Morgan fingerprint density at radius 3 is 2.75 bits per heavy atom. The summed E-state index contributed by atoms with van der Waals surface area (Å²) in [6.45, 7) is -0.0926. The number of phosphoric acid groups is 2. The molecule has 6 atom stereocenters. The second kappa shape index (κ2) is 10.1. The summed E-state index contributed by atoms with van der Waals surface area (Å²) in [5.41, 5.74) is 0.0580. The number of aliphatic hydroxyl groups is 1. The quantitative estimate of drug-likeness (QED) is 0.204. The predicted octanol–water partition coefficient (Wildman–Crippen LogP) is -0.324. The molecule has 4 aromatic rings. The second-order valence-corrected chi connectivity index (χ2v) is 11.7. The molecule has 40 heavy (non-hydrogen) atoms. The molecule has 4 aromatic heterocycles. The topological polar surface area (TPSA) is 248 Å². The Morgan fingerprint density at radius 1 is 1.10 bits per heavy atom. The minimum absolute atomic E-state index is 0.0303. The molecule has 1 saturated heterocycles. The predicted molar refractivity (Wildman–Crippen MR) is 129 cm³/mol. The maximum atomic E-state index is 13.1. The Labute approximate surface area is 222 Å². The fourth-order valence-corrected chi connectivity index (χ4v) is 6.06. The first kappa shape index (κ1) is 27.2. The van der Waals surface area contributed by atoms with Crippen LogP contribution in [0, 0.1) is 6.92 Å². The maximum Gasteiger partial charge on any atom is 0.473 e. The standard InChI is InChI=1S/C19H22N8O11P2/c1-9-23-17-13(18(29)24-9)22-8-27(17)19-15-14(28)11(37-19)5-35-39(30,31)34-3-2-26-12(6-36-40(32,33)38-15)25-10-4-20-7-21-16(10)26/h4,7-8,11,14-15,19,28H,2-3,5-6H2,1H3,(H,30,31)(H,32,33)(H,23,24,29)/t11-,14-,15-,19?/m1/s1. The molecule has 0 radical (unpaired) electrons. The van der Waals surface area contributed by atoms with Gasteiger partial charge in [0.15, 0.2) is 23.0 Å². The van der Waals surface area contributed by atoms with Crippen LogP contribution >= 0.6 is 15.6 Å². The summed E-state index contributed by atoms with van der Waals surface area (Å²) in [7, 11) is -9.58. The highest BCUT2D eigenvalue weighted by molar-refractivity contribution is 7.47. The van der Waals surface area contributed by atoms with Crippen LogP contribution in [-0.2, 0) is 45.1 Å². The van der Waals surface area contributed by atoms with Gasteiger partial charge in [0, 0.05) is 6.54 Å². The third kappa shape index (κ3) is 5.12. The van der Waals surface area contributed by atoms with Crippen LogP contribution in [0.1, 0.15) is 17.9 Å². The third-order valence-electron chi connectivity index (χ3n) is 6.21. The lowest BCUT2D eigenvalue weighted by atomic mass is 10.1. The van der Waals surface area contributed by atoms with Crippen molar-refractivity contribution in [3.63, 3.8) is 0 Å². The van der Waals surface area contributed by atoms with Gasteiger partial charge in [-0.1, -0.05) is 0 Å². The summed E-state index contributed by atoms with van der Waals surface area (Å²) in [6, 6.07) is 0. The van der Waals surface area contributed by atoms with Crippen molar-refractivity contribution in [2.75, 3.05) is 13.2 Å². The van der Waals surface area contributed by atoms with Gasteiger partial charge in [-0.3, -0.25) is 27.5 Å². The Hall–Kier alpha value is -2.96. The number of rotatable bonds is 1. The number of hydrogen-bond acceptors (Lipinski definition) is 14. The van der Waals surface area contributed by atoms with Gasteiger partial charge in [0.25, 0.3) is 5.56 Å². The number of ether oxygens (including phenoxy) is 1. The molecular formula is C19H22N8O11P2. The minimum atomic E-state index is -4.93. The third-order valence-corrected chi connectivity index (χ3v) is 8.16. The van der Waals surface area contributed by atoms with Gasteiger partial charge in [-0.15, -0.1) is 0 Å². The molecule has 4 N–H and O–H groups in total. The van der Waals surface area contributed by atoms with Crippen LogP contribution in [0.2, 0.25) is 0 Å². The second-order valence-electron chi connectivity index (χ2n) is 8.85. The zero-order valence-electron chi connectivity index (χ0n) is 20.5. The molecular weight excluding hydrogens is 578 g/mol. The fourth-order valence-electron chi connectivity index (χ4n) is 4.46. The number of H-pyrrole nitrogens is 1. The van der Waals surface area contributed by atoms with Crippen molar-refractivity contribution < 1.29 is 46.9 Å². The fraction of sp³-hybridized carbons (Fsp3) is 0.474. The number of phosphoric ester groups is 2. The Bertz CT molecular complexity index is 1740. The summed E-state index contributed by atoms with van der Waals surface area (Å²) >= 11 is 0. The van der Waals surface area contributed by atoms with Gasteiger partial charge in [0.05, 0.1) is 25.7 Å². The molecule has 2 aliphatic rings. The summed E-state index contributed by atoms with van der Waals surface area (Å²) in [5, 5.41) is 11.0. The molecule has 0 aromatic carbocycles. The van der Waals surface area contributed by atoms with Crippen molar-refractivity contribution in [2.45, 2.75) is 44.6 Å². The number of fused-ring (bicyclic) bond motifs is 6.